The molecule has 0 fully saturated rings. The Labute approximate surface area is 176 Å². The zero-order valence-electron chi connectivity index (χ0n) is 16.1. The number of nitrogens with zero attached hydrogens (tertiary/aromatic N) is 3. The summed E-state index contributed by atoms with van der Waals surface area (Å²) in [5.74, 6) is 0.234. The van der Waals surface area contributed by atoms with Crippen LogP contribution >= 0.6 is 27.7 Å². The number of benzene rings is 2. The van der Waals surface area contributed by atoms with Gasteiger partial charge in [0.15, 0.2) is 5.16 Å². The van der Waals surface area contributed by atoms with E-state index < -0.39 is 0 Å². The second kappa shape index (κ2) is 8.92. The van der Waals surface area contributed by atoms with Gasteiger partial charge in [-0.05, 0) is 43.2 Å². The lowest BCUT2D eigenvalue weighted by Gasteiger charge is -2.19. The number of aryl methyl sites for hydroxylation is 1. The molecule has 1 heterocycles. The monoisotopic (exact) mass is 459 g/mol. The number of fused-ring (bicyclic) bond motifs is 1. The van der Waals surface area contributed by atoms with Crippen LogP contribution in [0.5, 0.6) is 0 Å². The van der Waals surface area contributed by atoms with Crippen LogP contribution in [-0.2, 0) is 17.9 Å². The molecule has 28 heavy (non-hydrogen) atoms. The van der Waals surface area contributed by atoms with E-state index in [2.05, 4.69) is 20.9 Å². The molecule has 0 saturated carbocycles. The fourth-order valence-electron chi connectivity index (χ4n) is 2.93. The first-order valence-corrected chi connectivity index (χ1v) is 10.8. The number of aromatic nitrogens is 2. The normalized spacial score (nSPS) is 11.0. The van der Waals surface area contributed by atoms with Crippen molar-refractivity contribution in [2.75, 3.05) is 12.8 Å². The van der Waals surface area contributed by atoms with Gasteiger partial charge in [-0.1, -0.05) is 52.0 Å². The Hall–Kier alpha value is -2.12. The molecule has 0 radical (unpaired) electrons. The summed E-state index contributed by atoms with van der Waals surface area (Å²) in [5, 5.41) is 1.14. The van der Waals surface area contributed by atoms with Gasteiger partial charge < -0.3 is 4.90 Å². The third kappa shape index (κ3) is 4.47. The first-order valence-electron chi connectivity index (χ1n) is 9.02. The Kier molecular flexibility index (Phi) is 6.57. The van der Waals surface area contributed by atoms with E-state index in [1.807, 2.05) is 50.2 Å². The average Bonchev–Trinajstić information content (AvgIpc) is 2.68. The summed E-state index contributed by atoms with van der Waals surface area (Å²) in [6.07, 6.45) is 0. The molecule has 0 aliphatic carbocycles. The molecule has 3 rings (SSSR count). The molecule has 5 nitrogen and oxygen atoms in total. The fourth-order valence-corrected chi connectivity index (χ4v) is 4.29. The van der Waals surface area contributed by atoms with E-state index in [1.54, 1.807) is 22.6 Å². The lowest BCUT2D eigenvalue weighted by molar-refractivity contribution is -0.127. The van der Waals surface area contributed by atoms with Crippen LogP contribution in [-0.4, -0.2) is 33.2 Å². The van der Waals surface area contributed by atoms with Crippen LogP contribution in [0.3, 0.4) is 0 Å². The molecule has 3 aromatic rings. The smallest absolute Gasteiger partial charge is 0.262 e. The minimum Gasteiger partial charge on any atom is -0.341 e. The van der Waals surface area contributed by atoms with E-state index >= 15 is 0 Å². The van der Waals surface area contributed by atoms with Crippen LogP contribution in [0.1, 0.15) is 18.1 Å². The first-order chi connectivity index (χ1) is 13.4. The number of rotatable bonds is 6. The van der Waals surface area contributed by atoms with Gasteiger partial charge in [0, 0.05) is 24.6 Å². The van der Waals surface area contributed by atoms with Crippen molar-refractivity contribution in [2.45, 2.75) is 32.1 Å². The Morgan fingerprint density at radius 1 is 1.25 bits per heavy atom. The minimum absolute atomic E-state index is 0.000980. The van der Waals surface area contributed by atoms with Crippen LogP contribution in [0.25, 0.3) is 10.9 Å². The van der Waals surface area contributed by atoms with Gasteiger partial charge in [0.1, 0.15) is 0 Å². The first kappa shape index (κ1) is 20.6. The molecule has 7 heteroatoms. The Morgan fingerprint density at radius 2 is 2.00 bits per heavy atom. The maximum atomic E-state index is 12.8. The van der Waals surface area contributed by atoms with Crippen LogP contribution in [0.2, 0.25) is 0 Å². The van der Waals surface area contributed by atoms with E-state index in [9.17, 15) is 9.59 Å². The predicted octanol–water partition coefficient (Wildman–Crippen LogP) is 4.24. The van der Waals surface area contributed by atoms with Crippen LogP contribution in [0.4, 0.5) is 0 Å². The van der Waals surface area contributed by atoms with Gasteiger partial charge in [-0.15, -0.1) is 0 Å². The van der Waals surface area contributed by atoms with E-state index in [0.29, 0.717) is 29.1 Å². The summed E-state index contributed by atoms with van der Waals surface area (Å²) in [5.41, 5.74) is 2.85. The highest BCUT2D eigenvalue weighted by Gasteiger charge is 2.15. The Balaban J connectivity index is 1.77. The number of halogens is 1. The Bertz CT molecular complexity index is 1080. The van der Waals surface area contributed by atoms with Crippen LogP contribution in [0, 0.1) is 6.92 Å². The third-order valence-electron chi connectivity index (χ3n) is 4.62. The van der Waals surface area contributed by atoms with Gasteiger partial charge in [0.2, 0.25) is 5.91 Å². The highest BCUT2D eigenvalue weighted by molar-refractivity contribution is 9.10. The predicted molar refractivity (Wildman–Crippen MR) is 118 cm³/mol. The SMILES string of the molecule is CCn1c(SCC(=O)N(C)Cc2ccccc2C)nc2ccc(Br)cc2c1=O. The summed E-state index contributed by atoms with van der Waals surface area (Å²) in [6.45, 7) is 5.01. The topological polar surface area (TPSA) is 55.2 Å². The molecule has 0 aliphatic rings. The second-order valence-electron chi connectivity index (χ2n) is 6.57. The third-order valence-corrected chi connectivity index (χ3v) is 6.07. The molecule has 1 aromatic heterocycles. The van der Waals surface area contributed by atoms with E-state index in [4.69, 9.17) is 0 Å². The molecule has 0 spiro atoms. The molecule has 146 valence electrons. The highest BCUT2D eigenvalue weighted by Crippen LogP contribution is 2.21. The van der Waals surface area contributed by atoms with Gasteiger partial charge >= 0.3 is 0 Å². The number of thioether (sulfide) groups is 1. The summed E-state index contributed by atoms with van der Waals surface area (Å²) in [6, 6.07) is 13.5. The van der Waals surface area contributed by atoms with Gasteiger partial charge in [0.25, 0.3) is 5.56 Å². The number of hydrogen-bond acceptors (Lipinski definition) is 4. The quantitative estimate of drug-likeness (QED) is 0.408. The number of amides is 1. The van der Waals surface area contributed by atoms with E-state index in [1.165, 1.54) is 11.8 Å². The number of carbonyl (C=O) groups is 1. The lowest BCUT2D eigenvalue weighted by Crippen LogP contribution is -2.29. The zero-order valence-corrected chi connectivity index (χ0v) is 18.5. The molecule has 0 atom stereocenters. The molecule has 0 bridgehead atoms. The van der Waals surface area contributed by atoms with Crippen LogP contribution in [0.15, 0.2) is 56.9 Å². The van der Waals surface area contributed by atoms with Crippen molar-refractivity contribution in [3.05, 3.63) is 68.4 Å². The van der Waals surface area contributed by atoms with Gasteiger partial charge in [-0.2, -0.15) is 0 Å². The van der Waals surface area contributed by atoms with Gasteiger partial charge in [-0.3, -0.25) is 14.2 Å². The van der Waals surface area contributed by atoms with Crippen molar-refractivity contribution in [3.63, 3.8) is 0 Å². The summed E-state index contributed by atoms with van der Waals surface area (Å²) >= 11 is 4.70. The highest BCUT2D eigenvalue weighted by atomic mass is 79.9. The van der Waals surface area contributed by atoms with E-state index in [-0.39, 0.29) is 17.2 Å². The molecule has 0 aliphatic heterocycles. The summed E-state index contributed by atoms with van der Waals surface area (Å²) in [4.78, 5) is 31.7. The molecule has 2 aromatic carbocycles. The van der Waals surface area contributed by atoms with Gasteiger partial charge in [-0.25, -0.2) is 4.98 Å². The Morgan fingerprint density at radius 3 is 2.71 bits per heavy atom. The fraction of sp³-hybridized carbons (Fsp3) is 0.286. The molecule has 1 amide bonds. The van der Waals surface area contributed by atoms with Gasteiger partial charge in [0.05, 0.1) is 16.7 Å². The standard InChI is InChI=1S/C21H22BrN3O2S/c1-4-25-20(27)17-11-16(22)9-10-18(17)23-21(25)28-13-19(26)24(3)12-15-8-6-5-7-14(15)2/h5-11H,4,12-13H2,1-3H3. The zero-order chi connectivity index (χ0) is 20.3. The van der Waals surface area contributed by atoms with Crippen molar-refractivity contribution in [2.24, 2.45) is 0 Å². The average molecular weight is 460 g/mol. The number of hydrogen-bond donors (Lipinski definition) is 0. The minimum atomic E-state index is -0.0861. The van der Waals surface area contributed by atoms with Crippen molar-refractivity contribution in [3.8, 4) is 0 Å². The van der Waals surface area contributed by atoms with Crippen molar-refractivity contribution >= 4 is 44.5 Å². The van der Waals surface area contributed by atoms with E-state index in [0.717, 1.165) is 15.6 Å². The molecular weight excluding hydrogens is 438 g/mol. The molecule has 0 saturated heterocycles. The summed E-state index contributed by atoms with van der Waals surface area (Å²) in [7, 11) is 1.80. The number of carbonyl (C=O) groups excluding carboxylic acids is 1. The molecule has 0 N–H and O–H groups in total. The van der Waals surface area contributed by atoms with Crippen molar-refractivity contribution in [1.29, 1.82) is 0 Å². The van der Waals surface area contributed by atoms with Crippen molar-refractivity contribution < 1.29 is 4.79 Å². The lowest BCUT2D eigenvalue weighted by atomic mass is 10.1. The maximum Gasteiger partial charge on any atom is 0.262 e. The molecule has 0 unspecified atom stereocenters. The van der Waals surface area contributed by atoms with Crippen molar-refractivity contribution in [1.82, 2.24) is 14.5 Å². The van der Waals surface area contributed by atoms with Crippen LogP contribution < -0.4 is 5.56 Å². The largest absolute Gasteiger partial charge is 0.341 e. The summed E-state index contributed by atoms with van der Waals surface area (Å²) < 4.78 is 2.46. The second-order valence-corrected chi connectivity index (χ2v) is 8.43. The molecular formula is C21H22BrN3O2S. The maximum absolute atomic E-state index is 12.8.